The molecule has 2 nitrogen and oxygen atoms in total. The van der Waals surface area contributed by atoms with E-state index in [1.807, 2.05) is 63.2 Å². The molecule has 2 aromatic rings. The molecule has 1 heterocycles. The molecule has 0 fully saturated rings. The van der Waals surface area contributed by atoms with Crippen LogP contribution < -0.4 is 0 Å². The van der Waals surface area contributed by atoms with E-state index < -0.39 is 0 Å². The van der Waals surface area contributed by atoms with Gasteiger partial charge in [-0.2, -0.15) is 0 Å². The van der Waals surface area contributed by atoms with Crippen molar-refractivity contribution in [3.05, 3.63) is 54.2 Å². The van der Waals surface area contributed by atoms with Crippen molar-refractivity contribution in [1.82, 2.24) is 4.98 Å². The largest absolute Gasteiger partial charge is 0.294 e. The maximum atomic E-state index is 12.1. The van der Waals surface area contributed by atoms with Crippen molar-refractivity contribution in [3.63, 3.8) is 0 Å². The number of hydrogen-bond acceptors (Lipinski definition) is 2. The topological polar surface area (TPSA) is 30.0 Å². The molecule has 0 unspecified atom stereocenters. The van der Waals surface area contributed by atoms with Crippen molar-refractivity contribution in [2.24, 2.45) is 5.41 Å². The van der Waals surface area contributed by atoms with Crippen LogP contribution in [-0.2, 0) is 0 Å². The minimum atomic E-state index is -0.365. The van der Waals surface area contributed by atoms with Gasteiger partial charge in [0.15, 0.2) is 5.78 Å². The number of rotatable bonds is 2. The molecule has 2 heteroatoms. The highest BCUT2D eigenvalue weighted by atomic mass is 16.1. The molecule has 1 aromatic carbocycles. The van der Waals surface area contributed by atoms with E-state index in [0.717, 1.165) is 11.3 Å². The summed E-state index contributed by atoms with van der Waals surface area (Å²) in [5.74, 6) is 0.120. The first-order chi connectivity index (χ1) is 8.48. The Bertz CT molecular complexity index is 536. The average molecular weight is 239 g/mol. The summed E-state index contributed by atoms with van der Waals surface area (Å²) in [6, 6.07) is 13.7. The number of aromatic nitrogens is 1. The van der Waals surface area contributed by atoms with Crippen LogP contribution in [0.4, 0.5) is 0 Å². The fourth-order valence-corrected chi connectivity index (χ4v) is 1.74. The van der Waals surface area contributed by atoms with Gasteiger partial charge in [-0.05, 0) is 12.1 Å². The summed E-state index contributed by atoms with van der Waals surface area (Å²) in [5.41, 5.74) is 2.26. The van der Waals surface area contributed by atoms with Gasteiger partial charge in [0.1, 0.15) is 0 Å². The van der Waals surface area contributed by atoms with Crippen LogP contribution in [0.1, 0.15) is 31.1 Å². The highest BCUT2D eigenvalue weighted by molar-refractivity contribution is 5.99. The lowest BCUT2D eigenvalue weighted by Crippen LogP contribution is -2.20. The monoisotopic (exact) mass is 239 g/mol. The molecule has 0 amide bonds. The van der Waals surface area contributed by atoms with Crippen LogP contribution in [0, 0.1) is 5.41 Å². The quantitative estimate of drug-likeness (QED) is 0.742. The predicted octanol–water partition coefficient (Wildman–Crippen LogP) is 3.98. The molecule has 92 valence electrons. The third-order valence-corrected chi connectivity index (χ3v) is 2.78. The van der Waals surface area contributed by atoms with Crippen molar-refractivity contribution < 1.29 is 4.79 Å². The van der Waals surface area contributed by atoms with Crippen LogP contribution in [0.25, 0.3) is 11.3 Å². The van der Waals surface area contributed by atoms with E-state index in [2.05, 4.69) is 4.98 Å². The van der Waals surface area contributed by atoms with Gasteiger partial charge >= 0.3 is 0 Å². The molecule has 1 aromatic heterocycles. The van der Waals surface area contributed by atoms with Gasteiger partial charge in [0.05, 0.1) is 5.69 Å². The number of pyridine rings is 1. The number of carbonyl (C=O) groups excluding carboxylic acids is 1. The molecule has 18 heavy (non-hydrogen) atoms. The Morgan fingerprint density at radius 2 is 1.67 bits per heavy atom. The van der Waals surface area contributed by atoms with E-state index in [-0.39, 0.29) is 11.2 Å². The summed E-state index contributed by atoms with van der Waals surface area (Å²) in [4.78, 5) is 16.4. The third-order valence-electron chi connectivity index (χ3n) is 2.78. The maximum absolute atomic E-state index is 12.1. The Morgan fingerprint density at radius 3 is 2.17 bits per heavy atom. The van der Waals surface area contributed by atoms with Gasteiger partial charge in [-0.1, -0.05) is 51.1 Å². The second kappa shape index (κ2) is 4.73. The molecule has 0 saturated carbocycles. The summed E-state index contributed by atoms with van der Waals surface area (Å²) in [5, 5.41) is 0. The summed E-state index contributed by atoms with van der Waals surface area (Å²) in [7, 11) is 0. The van der Waals surface area contributed by atoms with Gasteiger partial charge in [0.2, 0.25) is 0 Å². The minimum absolute atomic E-state index is 0.120. The van der Waals surface area contributed by atoms with Crippen LogP contribution in [0.2, 0.25) is 0 Å². The second-order valence-electron chi connectivity index (χ2n) is 5.38. The molecule has 0 spiro atoms. The molecule has 0 bridgehead atoms. The van der Waals surface area contributed by atoms with E-state index in [1.165, 1.54) is 0 Å². The smallest absolute Gasteiger partial charge is 0.169 e. The number of benzene rings is 1. The summed E-state index contributed by atoms with van der Waals surface area (Å²) in [6.45, 7) is 5.75. The number of Topliss-reactive ketones (excluding diaryl/α,β-unsaturated/α-hetero) is 1. The van der Waals surface area contributed by atoms with Crippen molar-refractivity contribution in [1.29, 1.82) is 0 Å². The number of ketones is 1. The number of carbonyl (C=O) groups is 1. The zero-order valence-corrected chi connectivity index (χ0v) is 11.0. The molecule has 0 aliphatic rings. The van der Waals surface area contributed by atoms with E-state index in [9.17, 15) is 4.79 Å². The van der Waals surface area contributed by atoms with Crippen LogP contribution >= 0.6 is 0 Å². The van der Waals surface area contributed by atoms with Crippen LogP contribution in [0.3, 0.4) is 0 Å². The first-order valence-electron chi connectivity index (χ1n) is 6.05. The second-order valence-corrected chi connectivity index (χ2v) is 5.38. The predicted molar refractivity (Wildman–Crippen MR) is 73.5 cm³/mol. The van der Waals surface area contributed by atoms with Crippen LogP contribution in [-0.4, -0.2) is 10.8 Å². The van der Waals surface area contributed by atoms with E-state index >= 15 is 0 Å². The highest BCUT2D eigenvalue weighted by Gasteiger charge is 2.22. The Labute approximate surface area is 108 Å². The summed E-state index contributed by atoms with van der Waals surface area (Å²) in [6.07, 6.45) is 1.66. The molecule has 2 rings (SSSR count). The molecule has 0 radical (unpaired) electrons. The van der Waals surface area contributed by atoms with Crippen molar-refractivity contribution >= 4 is 5.78 Å². The van der Waals surface area contributed by atoms with E-state index in [1.54, 1.807) is 6.20 Å². The zero-order chi connectivity index (χ0) is 13.2. The fourth-order valence-electron chi connectivity index (χ4n) is 1.74. The lowest BCUT2D eigenvalue weighted by atomic mass is 9.87. The van der Waals surface area contributed by atoms with Gasteiger partial charge < -0.3 is 0 Å². The Hall–Kier alpha value is -1.96. The lowest BCUT2D eigenvalue weighted by Gasteiger charge is -2.16. The van der Waals surface area contributed by atoms with Crippen LogP contribution in [0.5, 0.6) is 0 Å². The van der Waals surface area contributed by atoms with Crippen molar-refractivity contribution in [2.45, 2.75) is 20.8 Å². The third kappa shape index (κ3) is 2.65. The Morgan fingerprint density at radius 1 is 1.00 bits per heavy atom. The molecule has 0 aliphatic heterocycles. The van der Waals surface area contributed by atoms with Crippen molar-refractivity contribution in [2.75, 3.05) is 0 Å². The first kappa shape index (κ1) is 12.5. The van der Waals surface area contributed by atoms with E-state index in [0.29, 0.717) is 5.56 Å². The minimum Gasteiger partial charge on any atom is -0.294 e. The molecular weight excluding hydrogens is 222 g/mol. The average Bonchev–Trinajstić information content (AvgIpc) is 2.38. The number of hydrogen-bond donors (Lipinski definition) is 0. The molecular formula is C16H17NO. The van der Waals surface area contributed by atoms with Gasteiger partial charge in [0, 0.05) is 22.7 Å². The highest BCUT2D eigenvalue weighted by Crippen LogP contribution is 2.22. The molecule has 0 atom stereocenters. The number of nitrogens with zero attached hydrogens (tertiary/aromatic N) is 1. The lowest BCUT2D eigenvalue weighted by molar-refractivity contribution is 0.0858. The Kier molecular flexibility index (Phi) is 3.28. The first-order valence-corrected chi connectivity index (χ1v) is 6.05. The molecule has 0 aliphatic carbocycles. The molecule has 0 saturated heterocycles. The van der Waals surface area contributed by atoms with E-state index in [4.69, 9.17) is 0 Å². The van der Waals surface area contributed by atoms with Crippen LogP contribution in [0.15, 0.2) is 48.7 Å². The normalized spacial score (nSPS) is 11.3. The SMILES string of the molecule is CC(C)(C)C(=O)c1ccc(-c2ccccc2)nc1. The Balaban J connectivity index is 2.29. The van der Waals surface area contributed by atoms with Crippen molar-refractivity contribution in [3.8, 4) is 11.3 Å². The fraction of sp³-hybridized carbons (Fsp3) is 0.250. The zero-order valence-electron chi connectivity index (χ0n) is 11.0. The van der Waals surface area contributed by atoms with Gasteiger partial charge in [-0.3, -0.25) is 9.78 Å². The molecule has 0 N–H and O–H groups in total. The summed E-state index contributed by atoms with van der Waals surface area (Å²) >= 11 is 0. The van der Waals surface area contributed by atoms with Gasteiger partial charge in [-0.15, -0.1) is 0 Å². The van der Waals surface area contributed by atoms with Gasteiger partial charge in [-0.25, -0.2) is 0 Å². The maximum Gasteiger partial charge on any atom is 0.169 e. The summed E-state index contributed by atoms with van der Waals surface area (Å²) < 4.78 is 0. The van der Waals surface area contributed by atoms with Gasteiger partial charge in [0.25, 0.3) is 0 Å². The standard InChI is InChI=1S/C16H17NO/c1-16(2,3)15(18)13-9-10-14(17-11-13)12-7-5-4-6-8-12/h4-11H,1-3H3.